The first-order valence-corrected chi connectivity index (χ1v) is 13.1. The van der Waals surface area contributed by atoms with Crippen LogP contribution in [0.3, 0.4) is 0 Å². The van der Waals surface area contributed by atoms with Crippen LogP contribution in [-0.2, 0) is 15.3 Å². The maximum Gasteiger partial charge on any atom is 0.338 e. The third kappa shape index (κ3) is 5.14. The van der Waals surface area contributed by atoms with Gasteiger partial charge in [-0.2, -0.15) is 4.98 Å². The van der Waals surface area contributed by atoms with Gasteiger partial charge in [-0.1, -0.05) is 89.6 Å². The van der Waals surface area contributed by atoms with Gasteiger partial charge in [0.1, 0.15) is 6.04 Å². The van der Waals surface area contributed by atoms with Gasteiger partial charge in [0.25, 0.3) is 0 Å². The number of nitrogens with zero attached hydrogens (tertiary/aromatic N) is 3. The summed E-state index contributed by atoms with van der Waals surface area (Å²) in [4.78, 5) is 18.1. The summed E-state index contributed by atoms with van der Waals surface area (Å²) in [5.74, 6) is 0.802. The van der Waals surface area contributed by atoms with E-state index in [-0.39, 0.29) is 6.61 Å². The Morgan fingerprint density at radius 3 is 2.33 bits per heavy atom. The second-order valence-corrected chi connectivity index (χ2v) is 9.85. The van der Waals surface area contributed by atoms with E-state index in [1.165, 1.54) is 11.8 Å². The number of ether oxygens (including phenoxy) is 1. The van der Waals surface area contributed by atoms with Crippen LogP contribution in [0.1, 0.15) is 29.7 Å². The molecule has 3 aromatic carbocycles. The topological polar surface area (TPSA) is 69.0 Å². The largest absolute Gasteiger partial charge is 0.463 e. The lowest BCUT2D eigenvalue weighted by atomic mass is 9.93. The van der Waals surface area contributed by atoms with E-state index in [9.17, 15) is 4.79 Å². The van der Waals surface area contributed by atoms with Gasteiger partial charge in [-0.25, -0.2) is 9.48 Å². The lowest BCUT2D eigenvalue weighted by molar-refractivity contribution is -0.138. The first kappa shape index (κ1) is 24.4. The van der Waals surface area contributed by atoms with Gasteiger partial charge in [0.2, 0.25) is 11.1 Å². The molecule has 1 N–H and O–H groups in total. The summed E-state index contributed by atoms with van der Waals surface area (Å²) in [6.07, 6.45) is 0. The molecule has 36 heavy (non-hydrogen) atoms. The van der Waals surface area contributed by atoms with Gasteiger partial charge in [0, 0.05) is 15.8 Å². The summed E-state index contributed by atoms with van der Waals surface area (Å²) in [6.45, 7) is 2.05. The van der Waals surface area contributed by atoms with E-state index in [1.54, 1.807) is 23.7 Å². The van der Waals surface area contributed by atoms with E-state index in [2.05, 4.69) is 5.32 Å². The summed E-state index contributed by atoms with van der Waals surface area (Å²) in [6, 6.07) is 24.2. The van der Waals surface area contributed by atoms with E-state index in [1.807, 2.05) is 66.7 Å². The van der Waals surface area contributed by atoms with Crippen LogP contribution in [0.4, 0.5) is 5.95 Å². The average Bonchev–Trinajstić information content (AvgIpc) is 3.31. The van der Waals surface area contributed by atoms with E-state index in [0.717, 1.165) is 16.7 Å². The first-order chi connectivity index (χ1) is 17.5. The van der Waals surface area contributed by atoms with E-state index in [4.69, 9.17) is 38.0 Å². The molecule has 0 saturated carbocycles. The number of benzene rings is 3. The first-order valence-electron chi connectivity index (χ1n) is 11.4. The van der Waals surface area contributed by atoms with Crippen molar-refractivity contribution in [1.82, 2.24) is 14.8 Å². The molecule has 0 amide bonds. The Kier molecular flexibility index (Phi) is 7.32. The summed E-state index contributed by atoms with van der Waals surface area (Å²) >= 11 is 13.7. The van der Waals surface area contributed by atoms with E-state index < -0.39 is 12.0 Å². The number of halogens is 2. The van der Waals surface area contributed by atoms with Crippen molar-refractivity contribution < 1.29 is 9.53 Å². The number of hydrogen-bond acceptors (Lipinski definition) is 6. The Morgan fingerprint density at radius 1 is 1.00 bits per heavy atom. The highest BCUT2D eigenvalue weighted by Gasteiger charge is 2.37. The summed E-state index contributed by atoms with van der Waals surface area (Å²) in [5, 5.41) is 10.0. The number of fused-ring (bicyclic) bond motifs is 1. The Morgan fingerprint density at radius 2 is 1.67 bits per heavy atom. The molecule has 6 nitrogen and oxygen atoms in total. The molecule has 0 fully saturated rings. The molecule has 4 aromatic rings. The molecule has 0 spiro atoms. The van der Waals surface area contributed by atoms with Crippen molar-refractivity contribution in [2.75, 3.05) is 11.9 Å². The lowest BCUT2D eigenvalue weighted by Crippen LogP contribution is -2.30. The molecular weight excluding hydrogens is 515 g/mol. The Bertz CT molecular complexity index is 1400. The molecule has 1 atom stereocenters. The third-order valence-electron chi connectivity index (χ3n) is 5.66. The molecule has 0 saturated heterocycles. The molecule has 0 radical (unpaired) electrons. The van der Waals surface area contributed by atoms with E-state index >= 15 is 0 Å². The zero-order valence-electron chi connectivity index (χ0n) is 19.3. The van der Waals surface area contributed by atoms with Crippen LogP contribution in [0.2, 0.25) is 10.0 Å². The predicted octanol–water partition coefficient (Wildman–Crippen LogP) is 6.87. The number of esters is 1. The van der Waals surface area contributed by atoms with Crippen LogP contribution in [0, 0.1) is 0 Å². The zero-order valence-corrected chi connectivity index (χ0v) is 21.6. The predicted molar refractivity (Wildman–Crippen MR) is 144 cm³/mol. The maximum absolute atomic E-state index is 13.4. The number of anilines is 1. The van der Waals surface area contributed by atoms with Crippen molar-refractivity contribution in [2.24, 2.45) is 0 Å². The minimum absolute atomic E-state index is 0.254. The zero-order chi connectivity index (χ0) is 25.1. The molecule has 182 valence electrons. The fourth-order valence-corrected chi connectivity index (χ4v) is 5.04. The number of carbonyl (C=O) groups excluding carboxylic acids is 1. The molecule has 9 heteroatoms. The second kappa shape index (κ2) is 10.8. The van der Waals surface area contributed by atoms with Crippen molar-refractivity contribution in [3.63, 3.8) is 0 Å². The maximum atomic E-state index is 13.4. The highest BCUT2D eigenvalue weighted by molar-refractivity contribution is 7.98. The monoisotopic (exact) mass is 536 g/mol. The minimum atomic E-state index is -0.551. The lowest BCUT2D eigenvalue weighted by Gasteiger charge is -2.29. The Labute approximate surface area is 223 Å². The summed E-state index contributed by atoms with van der Waals surface area (Å²) in [5.41, 5.74) is 3.90. The van der Waals surface area contributed by atoms with Gasteiger partial charge < -0.3 is 10.1 Å². The van der Waals surface area contributed by atoms with E-state index in [0.29, 0.717) is 38.2 Å². The van der Waals surface area contributed by atoms with Gasteiger partial charge in [-0.05, 0) is 47.9 Å². The molecule has 2 heterocycles. The fraction of sp³-hybridized carbons (Fsp3) is 0.148. The minimum Gasteiger partial charge on any atom is -0.463 e. The van der Waals surface area contributed by atoms with Crippen LogP contribution < -0.4 is 5.32 Å². The van der Waals surface area contributed by atoms with Gasteiger partial charge in [0.15, 0.2) is 0 Å². The number of nitrogens with one attached hydrogen (secondary N) is 1. The number of hydrogen-bond donors (Lipinski definition) is 1. The number of aromatic nitrogens is 3. The van der Waals surface area contributed by atoms with Crippen LogP contribution in [0.5, 0.6) is 0 Å². The van der Waals surface area contributed by atoms with Crippen molar-refractivity contribution in [3.8, 4) is 0 Å². The number of rotatable bonds is 7. The van der Waals surface area contributed by atoms with Crippen molar-refractivity contribution in [3.05, 3.63) is 111 Å². The third-order valence-corrected chi connectivity index (χ3v) is 7.07. The fourth-order valence-electron chi connectivity index (χ4n) is 4.00. The number of carbonyl (C=O) groups is 1. The number of thioether (sulfide) groups is 1. The highest BCUT2D eigenvalue weighted by Crippen LogP contribution is 2.40. The van der Waals surface area contributed by atoms with Crippen molar-refractivity contribution >= 4 is 52.6 Å². The summed E-state index contributed by atoms with van der Waals surface area (Å²) in [7, 11) is 0. The van der Waals surface area contributed by atoms with Crippen LogP contribution in [0.15, 0.2) is 89.6 Å². The molecule has 1 aliphatic rings. The van der Waals surface area contributed by atoms with Gasteiger partial charge in [-0.3, -0.25) is 0 Å². The van der Waals surface area contributed by atoms with Crippen LogP contribution in [0.25, 0.3) is 5.70 Å². The molecule has 0 bridgehead atoms. The smallest absolute Gasteiger partial charge is 0.338 e. The molecule has 1 aromatic heterocycles. The quantitative estimate of drug-likeness (QED) is 0.205. The SMILES string of the molecule is CCOC(=O)C1=C(c2ccccc2)Nc2nc(SCc3ccc(Cl)cc3)nn2[C@@H]1c1ccc(Cl)cc1. The second-order valence-electron chi connectivity index (χ2n) is 8.03. The van der Waals surface area contributed by atoms with Gasteiger partial charge in [0.05, 0.1) is 17.9 Å². The molecule has 1 aliphatic heterocycles. The average molecular weight is 537 g/mol. The van der Waals surface area contributed by atoms with Crippen molar-refractivity contribution in [2.45, 2.75) is 23.9 Å². The van der Waals surface area contributed by atoms with Gasteiger partial charge >= 0.3 is 5.97 Å². The Balaban J connectivity index is 1.59. The molecule has 0 aliphatic carbocycles. The van der Waals surface area contributed by atoms with Crippen LogP contribution in [-0.4, -0.2) is 27.3 Å². The van der Waals surface area contributed by atoms with Crippen molar-refractivity contribution in [1.29, 1.82) is 0 Å². The molecule has 5 rings (SSSR count). The normalized spacial score (nSPS) is 14.8. The summed E-state index contributed by atoms with van der Waals surface area (Å²) < 4.78 is 7.25. The van der Waals surface area contributed by atoms with Gasteiger partial charge in [-0.15, -0.1) is 5.10 Å². The highest BCUT2D eigenvalue weighted by atomic mass is 35.5. The molecular formula is C27H22Cl2N4O2S. The Hall–Kier alpha value is -3.26. The standard InChI is InChI=1S/C27H22Cl2N4O2S/c1-2-35-25(34)22-23(18-6-4-3-5-7-18)30-26-31-27(36-16-17-8-12-20(28)13-9-17)32-33(26)24(22)19-10-14-21(29)15-11-19/h3-15,24H,2,16H2,1H3,(H,30,31,32)/t24-/m1/s1. The van der Waals surface area contributed by atoms with Crippen LogP contribution >= 0.6 is 35.0 Å². The molecule has 0 unspecified atom stereocenters.